The molecule has 1 radical (unpaired) electrons. The fraction of sp³-hybridized carbons (Fsp3) is 0.500. The molecule has 0 saturated carbocycles. The van der Waals surface area contributed by atoms with E-state index in [0.29, 0.717) is 4.59 Å². The Kier molecular flexibility index (Phi) is 7.31. The number of phosphoric ester groups is 1. The van der Waals surface area contributed by atoms with Crippen LogP contribution in [0, 0.1) is 0 Å². The Bertz CT molecular complexity index is 1160. The average molecular weight is 585 g/mol. The van der Waals surface area contributed by atoms with E-state index in [1.54, 1.807) is 0 Å². The number of imidazole rings is 1. The Morgan fingerprint density at radius 2 is 1.75 bits per heavy atom. The molecule has 0 amide bonds. The summed E-state index contributed by atoms with van der Waals surface area (Å²) in [5.74, 6) is -0.120. The molecule has 32 heavy (non-hydrogen) atoms. The molecular weight excluding hydrogens is 570 g/mol. The Morgan fingerprint density at radius 3 is 2.38 bits per heavy atom. The van der Waals surface area contributed by atoms with Crippen molar-refractivity contribution in [2.75, 3.05) is 12.3 Å². The monoisotopic (exact) mass is 586 g/mol. The number of hydrogen-bond donors (Lipinski definition) is 7. The second-order valence-corrected chi connectivity index (χ2v) is 11.4. The molecular formula is C10H15N5O13P3Se. The maximum absolute atomic E-state index is 11.8. The van der Waals surface area contributed by atoms with Crippen LogP contribution in [0.4, 0.5) is 5.95 Å². The molecule has 2 aromatic heterocycles. The van der Waals surface area contributed by atoms with Crippen molar-refractivity contribution < 1.29 is 61.4 Å². The summed E-state index contributed by atoms with van der Waals surface area (Å²) >= 11 is 2.63. The summed E-state index contributed by atoms with van der Waals surface area (Å²) in [4.78, 5) is 47.6. The van der Waals surface area contributed by atoms with Gasteiger partial charge in [-0.2, -0.15) is 4.31 Å². The van der Waals surface area contributed by atoms with Crippen molar-refractivity contribution in [3.63, 3.8) is 0 Å². The number of nitrogens with zero attached hydrogens (tertiary/aromatic N) is 4. The van der Waals surface area contributed by atoms with Gasteiger partial charge in [-0.25, -0.2) is 9.13 Å². The van der Waals surface area contributed by atoms with E-state index in [9.17, 15) is 28.8 Å². The van der Waals surface area contributed by atoms with Gasteiger partial charge in [0.25, 0.3) is 0 Å². The number of nitrogen functional groups attached to an aromatic ring is 1. The van der Waals surface area contributed by atoms with Crippen molar-refractivity contribution >= 4 is 61.2 Å². The normalized spacial score (nSPS) is 27.9. The third kappa shape index (κ3) is 5.98. The molecule has 0 aromatic carbocycles. The van der Waals surface area contributed by atoms with Crippen LogP contribution in [0.1, 0.15) is 6.23 Å². The number of fused-ring (bicyclic) bond motifs is 1. The standard InChI is InChI=1S/C10H15N5O13P3Se/c11-10-13-7-4(8(32)14-10)12-2-15(7)9-6(17)5(16)3(26-9)1-25-30(21,22)28-31(23,24)27-29(18,19)20/h2-3,5-6,9,16-17H,1H2,(H,21,22)(H,23,24)(H2,11,13,14)(H2,18,19,20)/t3-,5-,6-,9-/m1/s1. The number of rotatable bonds is 8. The SMILES string of the molecule is Nc1nc([Se])c2ncn([C@@H]3O[C@H](COP(=O)(O)OP(=O)(O)OP(=O)(O)O)[C@@H](O)[C@H]3O)c2n1. The zero-order chi connectivity index (χ0) is 24.1. The van der Waals surface area contributed by atoms with Crippen LogP contribution >= 0.6 is 23.5 Å². The third-order valence-electron chi connectivity index (χ3n) is 3.84. The molecule has 0 aliphatic carbocycles. The first-order valence-corrected chi connectivity index (χ1v) is 13.4. The fourth-order valence-corrected chi connectivity index (χ4v) is 6.19. The third-order valence-corrected chi connectivity index (χ3v) is 8.24. The van der Waals surface area contributed by atoms with E-state index in [-0.39, 0.29) is 17.1 Å². The fourth-order valence-electron chi connectivity index (χ4n) is 2.66. The molecule has 18 nitrogen and oxygen atoms in total. The molecule has 1 saturated heterocycles. The molecule has 6 atom stereocenters. The van der Waals surface area contributed by atoms with Gasteiger partial charge in [-0.3, -0.25) is 0 Å². The number of aromatic nitrogens is 4. The Balaban J connectivity index is 1.72. The van der Waals surface area contributed by atoms with Gasteiger partial charge in [0.2, 0.25) is 0 Å². The van der Waals surface area contributed by atoms with Crippen LogP contribution in [-0.2, 0) is 31.6 Å². The van der Waals surface area contributed by atoms with Gasteiger partial charge in [0, 0.05) is 0 Å². The van der Waals surface area contributed by atoms with Crippen LogP contribution in [-0.4, -0.2) is 90.2 Å². The summed E-state index contributed by atoms with van der Waals surface area (Å²) in [6, 6.07) is 0. The first-order chi connectivity index (χ1) is 14.6. The molecule has 8 N–H and O–H groups in total. The molecule has 3 heterocycles. The van der Waals surface area contributed by atoms with E-state index < -0.39 is 54.6 Å². The van der Waals surface area contributed by atoms with Gasteiger partial charge >= 0.3 is 157 Å². The van der Waals surface area contributed by atoms with Gasteiger partial charge in [-0.1, -0.05) is 0 Å². The minimum atomic E-state index is -5.71. The van der Waals surface area contributed by atoms with Gasteiger partial charge < -0.3 is 14.7 Å². The van der Waals surface area contributed by atoms with Crippen molar-refractivity contribution in [3.8, 4) is 0 Å². The molecule has 3 rings (SSSR count). The first-order valence-electron chi connectivity index (χ1n) is 8.05. The number of hydrogen-bond acceptors (Lipinski definition) is 13. The number of nitrogens with two attached hydrogens (primary N) is 1. The van der Waals surface area contributed by atoms with Crippen LogP contribution in [0.15, 0.2) is 6.33 Å². The zero-order valence-corrected chi connectivity index (χ0v) is 19.6. The van der Waals surface area contributed by atoms with E-state index in [1.807, 2.05) is 0 Å². The Morgan fingerprint density at radius 1 is 1.09 bits per heavy atom. The summed E-state index contributed by atoms with van der Waals surface area (Å²) in [6.07, 6.45) is -4.85. The molecule has 0 bridgehead atoms. The van der Waals surface area contributed by atoms with Crippen molar-refractivity contribution in [2.24, 2.45) is 0 Å². The summed E-state index contributed by atoms with van der Waals surface area (Å²) in [7, 11) is -16.7. The minimum absolute atomic E-state index is 0.120. The number of ether oxygens (including phenoxy) is 1. The summed E-state index contributed by atoms with van der Waals surface area (Å²) < 4.78 is 52.3. The molecule has 179 valence electrons. The van der Waals surface area contributed by atoms with Crippen LogP contribution in [0.25, 0.3) is 11.2 Å². The van der Waals surface area contributed by atoms with Gasteiger partial charge in [0.05, 0.1) is 0 Å². The second kappa shape index (κ2) is 9.07. The van der Waals surface area contributed by atoms with Crippen molar-refractivity contribution in [1.29, 1.82) is 0 Å². The van der Waals surface area contributed by atoms with Gasteiger partial charge in [0.15, 0.2) is 0 Å². The van der Waals surface area contributed by atoms with Crippen molar-refractivity contribution in [3.05, 3.63) is 6.33 Å². The van der Waals surface area contributed by atoms with Crippen molar-refractivity contribution in [2.45, 2.75) is 24.5 Å². The summed E-state index contributed by atoms with van der Waals surface area (Å²) in [5.41, 5.74) is 6.01. The number of anilines is 1. The number of aliphatic hydroxyl groups is 2. The first kappa shape index (κ1) is 25.8. The summed E-state index contributed by atoms with van der Waals surface area (Å²) in [5, 5.41) is 20.5. The quantitative estimate of drug-likeness (QED) is 0.121. The predicted octanol–water partition coefficient (Wildman–Crippen LogP) is -2.84. The molecule has 1 aliphatic heterocycles. The summed E-state index contributed by atoms with van der Waals surface area (Å²) in [6.45, 7) is -0.963. The van der Waals surface area contributed by atoms with Crippen molar-refractivity contribution in [1.82, 2.24) is 19.5 Å². The molecule has 0 spiro atoms. The molecule has 1 aliphatic rings. The van der Waals surface area contributed by atoms with E-state index >= 15 is 0 Å². The van der Waals surface area contributed by atoms with E-state index in [0.717, 1.165) is 0 Å². The molecule has 2 unspecified atom stereocenters. The average Bonchev–Trinajstić information content (AvgIpc) is 3.12. The molecule has 22 heteroatoms. The number of aliphatic hydroxyl groups excluding tert-OH is 2. The van der Waals surface area contributed by atoms with E-state index in [1.165, 1.54) is 10.9 Å². The Hall–Kier alpha value is -0.841. The Labute approximate surface area is 185 Å². The molecule has 2 aromatic rings. The van der Waals surface area contributed by atoms with Gasteiger partial charge in [0.1, 0.15) is 0 Å². The topological polar surface area (TPSA) is 279 Å². The van der Waals surface area contributed by atoms with Crippen LogP contribution in [0.2, 0.25) is 0 Å². The molecule has 1 fully saturated rings. The predicted molar refractivity (Wildman–Crippen MR) is 101 cm³/mol. The second-order valence-electron chi connectivity index (χ2n) is 6.14. The zero-order valence-electron chi connectivity index (χ0n) is 15.3. The van der Waals surface area contributed by atoms with Gasteiger partial charge in [-0.05, 0) is 0 Å². The van der Waals surface area contributed by atoms with Crippen LogP contribution in [0.5, 0.6) is 0 Å². The number of phosphoric acid groups is 3. The van der Waals surface area contributed by atoms with Crippen LogP contribution < -0.4 is 10.3 Å². The van der Waals surface area contributed by atoms with Gasteiger partial charge in [-0.15, -0.1) is 0 Å². The van der Waals surface area contributed by atoms with Crippen LogP contribution in [0.3, 0.4) is 0 Å². The maximum atomic E-state index is 11.8. The van der Waals surface area contributed by atoms with E-state index in [2.05, 4.69) is 44.1 Å². The van der Waals surface area contributed by atoms with E-state index in [4.69, 9.17) is 25.2 Å².